The largest absolute Gasteiger partial charge is 0.398 e. The lowest BCUT2D eigenvalue weighted by Gasteiger charge is -2.14. The summed E-state index contributed by atoms with van der Waals surface area (Å²) < 4.78 is 0. The molecule has 0 bridgehead atoms. The van der Waals surface area contributed by atoms with Gasteiger partial charge in [0, 0.05) is 22.5 Å². The summed E-state index contributed by atoms with van der Waals surface area (Å²) in [6.45, 7) is 2.24. The molecule has 3 aromatic carbocycles. The van der Waals surface area contributed by atoms with Crippen molar-refractivity contribution in [3.8, 4) is 11.1 Å². The molecule has 0 fully saturated rings. The minimum Gasteiger partial charge on any atom is -0.398 e. The SMILES string of the molecule is CCCCCCc1ccc(N)c(-c2c(N)ccc3ccccc23)c1. The van der Waals surface area contributed by atoms with Crippen molar-refractivity contribution in [2.75, 3.05) is 11.5 Å². The number of rotatable bonds is 6. The standard InChI is InChI=1S/C22H26N2/c1-2-3-4-5-8-16-11-13-20(23)19(15-16)22-18-10-7-6-9-17(18)12-14-21(22)24/h6-7,9-15H,2-5,8,23-24H2,1H3. The molecule has 0 unspecified atom stereocenters. The van der Waals surface area contributed by atoms with Crippen molar-refractivity contribution in [1.29, 1.82) is 0 Å². The maximum atomic E-state index is 6.32. The zero-order valence-electron chi connectivity index (χ0n) is 14.4. The van der Waals surface area contributed by atoms with Gasteiger partial charge in [0.05, 0.1) is 0 Å². The Hall–Kier alpha value is -2.48. The average Bonchev–Trinajstić information content (AvgIpc) is 2.60. The van der Waals surface area contributed by atoms with Crippen molar-refractivity contribution in [2.24, 2.45) is 0 Å². The Kier molecular flexibility index (Phi) is 5.05. The van der Waals surface area contributed by atoms with E-state index in [-0.39, 0.29) is 0 Å². The Bertz CT molecular complexity index is 836. The molecule has 3 aromatic rings. The first-order valence-electron chi connectivity index (χ1n) is 8.86. The summed E-state index contributed by atoms with van der Waals surface area (Å²) in [4.78, 5) is 0. The highest BCUT2D eigenvalue weighted by molar-refractivity contribution is 6.04. The number of nitrogen functional groups attached to an aromatic ring is 2. The van der Waals surface area contributed by atoms with E-state index in [1.165, 1.54) is 36.6 Å². The lowest BCUT2D eigenvalue weighted by Crippen LogP contribution is -1.97. The third-order valence-electron chi connectivity index (χ3n) is 4.67. The van der Waals surface area contributed by atoms with Gasteiger partial charge < -0.3 is 11.5 Å². The van der Waals surface area contributed by atoms with E-state index in [9.17, 15) is 0 Å². The van der Waals surface area contributed by atoms with Crippen LogP contribution in [0.3, 0.4) is 0 Å². The fourth-order valence-electron chi connectivity index (χ4n) is 3.32. The van der Waals surface area contributed by atoms with Gasteiger partial charge in [-0.25, -0.2) is 0 Å². The molecule has 3 rings (SSSR count). The predicted molar refractivity (Wildman–Crippen MR) is 106 cm³/mol. The van der Waals surface area contributed by atoms with E-state index in [1.807, 2.05) is 12.1 Å². The summed E-state index contributed by atoms with van der Waals surface area (Å²) in [6.07, 6.45) is 6.17. The summed E-state index contributed by atoms with van der Waals surface area (Å²) in [5.74, 6) is 0. The van der Waals surface area contributed by atoms with Gasteiger partial charge in [-0.15, -0.1) is 0 Å². The molecule has 2 nitrogen and oxygen atoms in total. The quantitative estimate of drug-likeness (QED) is 0.446. The van der Waals surface area contributed by atoms with E-state index < -0.39 is 0 Å². The molecule has 0 aliphatic heterocycles. The summed E-state index contributed by atoms with van der Waals surface area (Å²) >= 11 is 0. The van der Waals surface area contributed by atoms with Gasteiger partial charge in [0.2, 0.25) is 0 Å². The first-order chi connectivity index (χ1) is 11.7. The number of aryl methyl sites for hydroxylation is 1. The molecule has 0 radical (unpaired) electrons. The Labute approximate surface area is 144 Å². The molecule has 0 aliphatic rings. The number of benzene rings is 3. The van der Waals surface area contributed by atoms with Crippen LogP contribution in [0.2, 0.25) is 0 Å². The molecular weight excluding hydrogens is 292 g/mol. The molecule has 0 spiro atoms. The van der Waals surface area contributed by atoms with Crippen LogP contribution in [0.1, 0.15) is 38.2 Å². The van der Waals surface area contributed by atoms with Crippen LogP contribution in [-0.2, 0) is 6.42 Å². The van der Waals surface area contributed by atoms with Crippen LogP contribution in [0.4, 0.5) is 11.4 Å². The predicted octanol–water partition coefficient (Wildman–Crippen LogP) is 5.79. The molecule has 0 aliphatic carbocycles. The van der Waals surface area contributed by atoms with Gasteiger partial charge in [-0.2, -0.15) is 0 Å². The van der Waals surface area contributed by atoms with E-state index in [0.717, 1.165) is 34.3 Å². The van der Waals surface area contributed by atoms with Crippen molar-refractivity contribution >= 4 is 22.1 Å². The van der Waals surface area contributed by atoms with Crippen molar-refractivity contribution in [3.63, 3.8) is 0 Å². The highest BCUT2D eigenvalue weighted by Gasteiger charge is 2.11. The summed E-state index contributed by atoms with van der Waals surface area (Å²) in [6, 6.07) is 18.8. The van der Waals surface area contributed by atoms with E-state index in [4.69, 9.17) is 11.5 Å². The van der Waals surface area contributed by atoms with Crippen LogP contribution < -0.4 is 11.5 Å². The zero-order valence-corrected chi connectivity index (χ0v) is 14.4. The average molecular weight is 318 g/mol. The zero-order chi connectivity index (χ0) is 16.9. The Morgan fingerprint density at radius 3 is 2.42 bits per heavy atom. The second-order valence-corrected chi connectivity index (χ2v) is 6.48. The smallest absolute Gasteiger partial charge is 0.0401 e. The van der Waals surface area contributed by atoms with E-state index in [2.05, 4.69) is 49.4 Å². The Balaban J connectivity index is 2.01. The third-order valence-corrected chi connectivity index (χ3v) is 4.67. The van der Waals surface area contributed by atoms with Crippen molar-refractivity contribution < 1.29 is 0 Å². The third kappa shape index (κ3) is 3.38. The molecule has 24 heavy (non-hydrogen) atoms. The Morgan fingerprint density at radius 1 is 0.792 bits per heavy atom. The lowest BCUT2D eigenvalue weighted by molar-refractivity contribution is 0.667. The number of anilines is 2. The fraction of sp³-hybridized carbons (Fsp3) is 0.273. The van der Waals surface area contributed by atoms with Crippen molar-refractivity contribution in [3.05, 3.63) is 60.2 Å². The van der Waals surface area contributed by atoms with Crippen molar-refractivity contribution in [2.45, 2.75) is 39.0 Å². The van der Waals surface area contributed by atoms with Gasteiger partial charge in [-0.3, -0.25) is 0 Å². The van der Waals surface area contributed by atoms with Gasteiger partial charge in [-0.05, 0) is 47.4 Å². The maximum Gasteiger partial charge on any atom is 0.0401 e. The second kappa shape index (κ2) is 7.39. The lowest BCUT2D eigenvalue weighted by atomic mass is 9.93. The number of nitrogens with two attached hydrogens (primary N) is 2. The van der Waals surface area contributed by atoms with Crippen molar-refractivity contribution in [1.82, 2.24) is 0 Å². The second-order valence-electron chi connectivity index (χ2n) is 6.48. The summed E-state index contributed by atoms with van der Waals surface area (Å²) in [5.41, 5.74) is 17.6. The monoisotopic (exact) mass is 318 g/mol. The molecule has 4 N–H and O–H groups in total. The molecule has 0 saturated carbocycles. The molecule has 2 heteroatoms. The number of hydrogen-bond acceptors (Lipinski definition) is 2. The van der Waals surface area contributed by atoms with E-state index >= 15 is 0 Å². The number of unbranched alkanes of at least 4 members (excludes halogenated alkanes) is 3. The van der Waals surface area contributed by atoms with E-state index in [0.29, 0.717) is 0 Å². The van der Waals surface area contributed by atoms with Gasteiger partial charge in [0.25, 0.3) is 0 Å². The van der Waals surface area contributed by atoms with Gasteiger partial charge in [0.15, 0.2) is 0 Å². The Morgan fingerprint density at radius 2 is 1.58 bits per heavy atom. The molecule has 0 heterocycles. The molecular formula is C22H26N2. The van der Waals surface area contributed by atoms with Crippen LogP contribution in [0, 0.1) is 0 Å². The fourth-order valence-corrected chi connectivity index (χ4v) is 3.32. The van der Waals surface area contributed by atoms with Crippen LogP contribution in [-0.4, -0.2) is 0 Å². The highest BCUT2D eigenvalue weighted by Crippen LogP contribution is 2.37. The van der Waals surface area contributed by atoms with Crippen LogP contribution in [0.5, 0.6) is 0 Å². The normalized spacial score (nSPS) is 11.0. The number of fused-ring (bicyclic) bond motifs is 1. The molecule has 124 valence electrons. The first-order valence-corrected chi connectivity index (χ1v) is 8.86. The maximum absolute atomic E-state index is 6.32. The van der Waals surface area contributed by atoms with Gasteiger partial charge in [-0.1, -0.05) is 62.6 Å². The molecule has 0 aromatic heterocycles. The molecule has 0 saturated heterocycles. The topological polar surface area (TPSA) is 52.0 Å². The number of hydrogen-bond donors (Lipinski definition) is 2. The summed E-state index contributed by atoms with van der Waals surface area (Å²) in [5, 5.41) is 2.35. The van der Waals surface area contributed by atoms with Crippen LogP contribution in [0.25, 0.3) is 21.9 Å². The van der Waals surface area contributed by atoms with Crippen LogP contribution >= 0.6 is 0 Å². The van der Waals surface area contributed by atoms with Gasteiger partial charge in [0.1, 0.15) is 0 Å². The first kappa shape index (κ1) is 16.4. The molecule has 0 atom stereocenters. The minimum atomic E-state index is 0.781. The highest BCUT2D eigenvalue weighted by atomic mass is 14.6. The van der Waals surface area contributed by atoms with Crippen LogP contribution in [0.15, 0.2) is 54.6 Å². The molecule has 0 amide bonds. The van der Waals surface area contributed by atoms with Gasteiger partial charge >= 0.3 is 0 Å². The minimum absolute atomic E-state index is 0.781. The van der Waals surface area contributed by atoms with E-state index in [1.54, 1.807) is 0 Å². The summed E-state index contributed by atoms with van der Waals surface area (Å²) in [7, 11) is 0.